The predicted octanol–water partition coefficient (Wildman–Crippen LogP) is 10.4. The summed E-state index contributed by atoms with van der Waals surface area (Å²) in [5, 5.41) is 4.20. The highest BCUT2D eigenvalue weighted by Gasteiger charge is 2.53. The summed E-state index contributed by atoms with van der Waals surface area (Å²) in [4.78, 5) is 4.50. The number of hydrogen-bond acceptors (Lipinski definition) is 2. The van der Waals surface area contributed by atoms with Crippen molar-refractivity contribution in [1.29, 1.82) is 0 Å². The van der Waals surface area contributed by atoms with Crippen molar-refractivity contribution in [3.8, 4) is 33.4 Å². The monoisotopic (exact) mass is 569 g/mol. The van der Waals surface area contributed by atoms with Gasteiger partial charge >= 0.3 is 0 Å². The largest absolute Gasteiger partial charge is 0.437 e. The number of halogens is 2. The van der Waals surface area contributed by atoms with E-state index in [1.165, 1.54) is 12.1 Å². The Morgan fingerprint density at radius 2 is 1.23 bits per heavy atom. The Hall–Kier alpha value is -5.61. The van der Waals surface area contributed by atoms with Crippen LogP contribution in [0.4, 0.5) is 8.78 Å². The predicted molar refractivity (Wildman–Crippen MR) is 171 cm³/mol. The first-order valence-electron chi connectivity index (χ1n) is 14.7. The van der Waals surface area contributed by atoms with E-state index in [-0.39, 0.29) is 11.6 Å². The second-order valence-electron chi connectivity index (χ2n) is 11.7. The third kappa shape index (κ3) is 2.85. The zero-order valence-corrected chi connectivity index (χ0v) is 23.2. The lowest BCUT2D eigenvalue weighted by Crippen LogP contribution is -2.26. The zero-order valence-electron chi connectivity index (χ0n) is 23.2. The molecular formula is C40H21F2NO. The summed E-state index contributed by atoms with van der Waals surface area (Å²) >= 11 is 0. The molecule has 6 aromatic carbocycles. The van der Waals surface area contributed by atoms with E-state index in [4.69, 9.17) is 4.42 Å². The number of nitrogens with zero attached hydrogens (tertiary/aromatic N) is 1. The lowest BCUT2D eigenvalue weighted by Gasteiger charge is -2.30. The molecule has 0 amide bonds. The minimum atomic E-state index is -0.944. The van der Waals surface area contributed by atoms with Crippen LogP contribution in [0.15, 0.2) is 132 Å². The second kappa shape index (κ2) is 8.27. The fraction of sp³-hybridized carbons (Fsp3) is 0.0250. The molecule has 206 valence electrons. The molecule has 10 rings (SSSR count). The smallest absolute Gasteiger partial charge is 0.227 e. The van der Waals surface area contributed by atoms with E-state index in [2.05, 4.69) is 71.7 Å². The van der Waals surface area contributed by atoms with E-state index in [1.807, 2.05) is 30.3 Å². The normalized spacial score (nSPS) is 13.9. The van der Waals surface area contributed by atoms with Crippen LogP contribution in [0.1, 0.15) is 22.3 Å². The van der Waals surface area contributed by atoms with Gasteiger partial charge in [-0.1, -0.05) is 78.9 Å². The average molecular weight is 570 g/mol. The standard InChI is InChI=1S/C40H21F2NO/c41-24-11-14-28-29-15-12-25(42)21-36(29)40(35(28)20-24)33-17-16-30-31-9-4-18-43-39(31)44-38(30)37(33)32-13-10-23(19-34(32)40)27-8-3-6-22-5-1-2-7-26(22)27/h1-21H. The molecule has 2 aliphatic rings. The lowest BCUT2D eigenvalue weighted by molar-refractivity contribution is 0.617. The highest BCUT2D eigenvalue weighted by molar-refractivity contribution is 6.12. The van der Waals surface area contributed by atoms with Gasteiger partial charge in [0.25, 0.3) is 0 Å². The van der Waals surface area contributed by atoms with Crippen LogP contribution in [0.3, 0.4) is 0 Å². The Bertz CT molecular complexity index is 2490. The van der Waals surface area contributed by atoms with Gasteiger partial charge in [-0.25, -0.2) is 13.8 Å². The highest BCUT2D eigenvalue weighted by atomic mass is 19.1. The molecule has 1 spiro atoms. The topological polar surface area (TPSA) is 26.0 Å². The Kier molecular flexibility index (Phi) is 4.49. The minimum Gasteiger partial charge on any atom is -0.437 e. The molecule has 0 N–H and O–H groups in total. The number of aromatic nitrogens is 1. The molecule has 8 aromatic rings. The van der Waals surface area contributed by atoms with E-state index >= 15 is 8.78 Å². The van der Waals surface area contributed by atoms with Crippen LogP contribution in [0, 0.1) is 11.6 Å². The molecule has 2 heterocycles. The molecule has 2 aliphatic carbocycles. The average Bonchev–Trinajstić information content (AvgIpc) is 3.67. The van der Waals surface area contributed by atoms with Gasteiger partial charge in [-0.15, -0.1) is 0 Å². The maximum Gasteiger partial charge on any atom is 0.227 e. The number of fused-ring (bicyclic) bond motifs is 15. The third-order valence-electron chi connectivity index (χ3n) is 9.68. The van der Waals surface area contributed by atoms with Crippen molar-refractivity contribution < 1.29 is 13.2 Å². The maximum atomic E-state index is 15.3. The summed E-state index contributed by atoms with van der Waals surface area (Å²) in [7, 11) is 0. The molecule has 0 bridgehead atoms. The highest BCUT2D eigenvalue weighted by Crippen LogP contribution is 2.64. The summed E-state index contributed by atoms with van der Waals surface area (Å²) in [6.45, 7) is 0. The number of pyridine rings is 1. The number of furan rings is 1. The SMILES string of the molecule is Fc1ccc2c(c1)C1(c3cc(F)ccc3-2)c2cc(-c3cccc4ccccc34)ccc2-c2c1ccc1c2oc2ncccc21. The summed E-state index contributed by atoms with van der Waals surface area (Å²) in [6.07, 6.45) is 1.73. The van der Waals surface area contributed by atoms with Crippen molar-refractivity contribution in [2.75, 3.05) is 0 Å². The molecule has 0 saturated carbocycles. The van der Waals surface area contributed by atoms with Crippen molar-refractivity contribution >= 4 is 32.8 Å². The first kappa shape index (κ1) is 23.9. The molecule has 0 unspecified atom stereocenters. The molecule has 0 atom stereocenters. The van der Waals surface area contributed by atoms with Crippen molar-refractivity contribution in [3.63, 3.8) is 0 Å². The van der Waals surface area contributed by atoms with Crippen LogP contribution >= 0.6 is 0 Å². The number of benzene rings is 6. The summed E-state index contributed by atoms with van der Waals surface area (Å²) in [5.74, 6) is -0.656. The van der Waals surface area contributed by atoms with Crippen LogP contribution in [0.5, 0.6) is 0 Å². The Morgan fingerprint density at radius 3 is 2.05 bits per heavy atom. The van der Waals surface area contributed by atoms with Gasteiger partial charge in [-0.2, -0.15) is 0 Å². The minimum absolute atomic E-state index is 0.328. The van der Waals surface area contributed by atoms with Crippen LogP contribution in [-0.4, -0.2) is 4.98 Å². The van der Waals surface area contributed by atoms with E-state index in [0.717, 1.165) is 82.8 Å². The molecule has 0 saturated heterocycles. The van der Waals surface area contributed by atoms with Crippen molar-refractivity contribution in [2.24, 2.45) is 0 Å². The number of hydrogen-bond donors (Lipinski definition) is 0. The molecule has 4 heteroatoms. The zero-order chi connectivity index (χ0) is 29.2. The first-order chi connectivity index (χ1) is 21.6. The van der Waals surface area contributed by atoms with E-state index < -0.39 is 5.41 Å². The van der Waals surface area contributed by atoms with Gasteiger partial charge < -0.3 is 4.42 Å². The van der Waals surface area contributed by atoms with Gasteiger partial charge in [-0.05, 0) is 103 Å². The third-order valence-corrected chi connectivity index (χ3v) is 9.68. The number of rotatable bonds is 1. The summed E-state index contributed by atoms with van der Waals surface area (Å²) in [5.41, 5.74) is 9.78. The first-order valence-corrected chi connectivity index (χ1v) is 14.7. The molecule has 2 nitrogen and oxygen atoms in total. The van der Waals surface area contributed by atoms with Crippen LogP contribution in [0.25, 0.3) is 66.2 Å². The van der Waals surface area contributed by atoms with E-state index in [0.29, 0.717) is 5.71 Å². The molecule has 0 fully saturated rings. The Labute approximate surface area is 250 Å². The van der Waals surface area contributed by atoms with Gasteiger partial charge in [0, 0.05) is 22.5 Å². The lowest BCUT2D eigenvalue weighted by atomic mass is 9.70. The molecule has 0 aliphatic heterocycles. The van der Waals surface area contributed by atoms with E-state index in [9.17, 15) is 0 Å². The van der Waals surface area contributed by atoms with Gasteiger partial charge in [0.05, 0.1) is 5.41 Å². The van der Waals surface area contributed by atoms with Crippen molar-refractivity contribution in [2.45, 2.75) is 5.41 Å². The molecular weight excluding hydrogens is 548 g/mol. The molecule has 2 aromatic heterocycles. The quantitative estimate of drug-likeness (QED) is 0.197. The fourth-order valence-corrected chi connectivity index (χ4v) is 7.97. The van der Waals surface area contributed by atoms with Gasteiger partial charge in [-0.3, -0.25) is 0 Å². The van der Waals surface area contributed by atoms with Gasteiger partial charge in [0.2, 0.25) is 5.71 Å². The van der Waals surface area contributed by atoms with Crippen LogP contribution in [-0.2, 0) is 5.41 Å². The molecule has 44 heavy (non-hydrogen) atoms. The fourth-order valence-electron chi connectivity index (χ4n) is 7.97. The maximum absolute atomic E-state index is 15.3. The summed E-state index contributed by atoms with van der Waals surface area (Å²) in [6, 6.07) is 39.2. The molecule has 0 radical (unpaired) electrons. The van der Waals surface area contributed by atoms with Gasteiger partial charge in [0.15, 0.2) is 0 Å². The van der Waals surface area contributed by atoms with Crippen LogP contribution in [0.2, 0.25) is 0 Å². The van der Waals surface area contributed by atoms with E-state index in [1.54, 1.807) is 18.3 Å². The van der Waals surface area contributed by atoms with Crippen LogP contribution < -0.4 is 0 Å². The second-order valence-corrected chi connectivity index (χ2v) is 11.7. The van der Waals surface area contributed by atoms with Crippen molar-refractivity contribution in [1.82, 2.24) is 4.98 Å². The Morgan fingerprint density at radius 1 is 0.523 bits per heavy atom. The summed E-state index contributed by atoms with van der Waals surface area (Å²) < 4.78 is 37.0. The Balaban J connectivity index is 1.39. The van der Waals surface area contributed by atoms with Gasteiger partial charge in [0.1, 0.15) is 17.2 Å². The van der Waals surface area contributed by atoms with Crippen molar-refractivity contribution in [3.05, 3.63) is 161 Å².